The SMILES string of the molecule is COc1cc([C@@H](CCO)C[C@H](O)C(C)(C)O)c(OC)cc1C. The van der Waals surface area contributed by atoms with E-state index in [1.54, 1.807) is 28.1 Å². The van der Waals surface area contributed by atoms with Crippen LogP contribution in [-0.4, -0.2) is 47.9 Å². The van der Waals surface area contributed by atoms with Crippen LogP contribution in [0.3, 0.4) is 0 Å². The molecule has 5 heteroatoms. The number of hydrogen-bond acceptors (Lipinski definition) is 5. The summed E-state index contributed by atoms with van der Waals surface area (Å²) in [7, 11) is 3.19. The fourth-order valence-corrected chi connectivity index (χ4v) is 2.51. The Labute approximate surface area is 132 Å². The number of rotatable bonds is 8. The number of methoxy groups -OCH3 is 2. The van der Waals surface area contributed by atoms with Gasteiger partial charge in [0.25, 0.3) is 0 Å². The smallest absolute Gasteiger partial charge is 0.122 e. The molecular formula is C17H28O5. The molecule has 0 aromatic heterocycles. The van der Waals surface area contributed by atoms with Gasteiger partial charge in [0, 0.05) is 12.2 Å². The van der Waals surface area contributed by atoms with Gasteiger partial charge in [-0.1, -0.05) is 0 Å². The first-order valence-electron chi connectivity index (χ1n) is 7.48. The van der Waals surface area contributed by atoms with Gasteiger partial charge in [0.15, 0.2) is 0 Å². The summed E-state index contributed by atoms with van der Waals surface area (Å²) in [6, 6.07) is 3.76. The normalized spacial score (nSPS) is 14.5. The van der Waals surface area contributed by atoms with Gasteiger partial charge >= 0.3 is 0 Å². The summed E-state index contributed by atoms with van der Waals surface area (Å²) in [5.74, 6) is 1.28. The van der Waals surface area contributed by atoms with Gasteiger partial charge in [0.1, 0.15) is 11.5 Å². The standard InChI is InChI=1S/C17H28O5/c1-11-8-15(22-5)13(10-14(11)21-4)12(6-7-18)9-16(19)17(2,3)20/h8,10,12,16,18-20H,6-7,9H2,1-5H3/t12-,16-/m0/s1. The number of aliphatic hydroxyl groups is 3. The zero-order chi connectivity index (χ0) is 16.9. The monoisotopic (exact) mass is 312 g/mol. The van der Waals surface area contributed by atoms with Crippen molar-refractivity contribution in [2.45, 2.75) is 51.2 Å². The van der Waals surface area contributed by atoms with Gasteiger partial charge < -0.3 is 24.8 Å². The van der Waals surface area contributed by atoms with Crippen LogP contribution in [0.1, 0.15) is 43.7 Å². The molecule has 22 heavy (non-hydrogen) atoms. The second-order valence-electron chi connectivity index (χ2n) is 6.18. The quantitative estimate of drug-likeness (QED) is 0.684. The van der Waals surface area contributed by atoms with Crippen molar-refractivity contribution in [3.63, 3.8) is 0 Å². The van der Waals surface area contributed by atoms with E-state index in [0.29, 0.717) is 18.6 Å². The van der Waals surface area contributed by atoms with E-state index in [1.165, 1.54) is 0 Å². The molecule has 0 heterocycles. The van der Waals surface area contributed by atoms with Crippen molar-refractivity contribution in [3.8, 4) is 11.5 Å². The van der Waals surface area contributed by atoms with E-state index >= 15 is 0 Å². The summed E-state index contributed by atoms with van der Waals surface area (Å²) >= 11 is 0. The fourth-order valence-electron chi connectivity index (χ4n) is 2.51. The van der Waals surface area contributed by atoms with Crippen LogP contribution in [0.25, 0.3) is 0 Å². The predicted molar refractivity (Wildman–Crippen MR) is 85.6 cm³/mol. The van der Waals surface area contributed by atoms with Gasteiger partial charge in [-0.2, -0.15) is 0 Å². The third kappa shape index (κ3) is 4.60. The van der Waals surface area contributed by atoms with Crippen LogP contribution in [0, 0.1) is 6.92 Å². The number of aryl methyl sites for hydroxylation is 1. The van der Waals surface area contributed by atoms with E-state index in [4.69, 9.17) is 9.47 Å². The van der Waals surface area contributed by atoms with E-state index < -0.39 is 11.7 Å². The highest BCUT2D eigenvalue weighted by Gasteiger charge is 2.29. The van der Waals surface area contributed by atoms with Gasteiger partial charge in [-0.05, 0) is 57.2 Å². The molecule has 126 valence electrons. The van der Waals surface area contributed by atoms with Crippen LogP contribution in [0.4, 0.5) is 0 Å². The Morgan fingerprint density at radius 2 is 1.73 bits per heavy atom. The maximum Gasteiger partial charge on any atom is 0.122 e. The lowest BCUT2D eigenvalue weighted by molar-refractivity contribution is -0.0550. The topological polar surface area (TPSA) is 79.2 Å². The molecule has 1 aromatic rings. The first-order valence-corrected chi connectivity index (χ1v) is 7.48. The van der Waals surface area contributed by atoms with E-state index in [2.05, 4.69) is 0 Å². The number of ether oxygens (including phenoxy) is 2. The number of benzene rings is 1. The second kappa shape index (κ2) is 7.81. The van der Waals surface area contributed by atoms with Crippen molar-refractivity contribution >= 4 is 0 Å². The first-order chi connectivity index (χ1) is 10.2. The van der Waals surface area contributed by atoms with Gasteiger partial charge in [-0.3, -0.25) is 0 Å². The lowest BCUT2D eigenvalue weighted by Crippen LogP contribution is -2.37. The average molecular weight is 312 g/mol. The molecule has 1 aromatic carbocycles. The summed E-state index contributed by atoms with van der Waals surface area (Å²) in [4.78, 5) is 0. The van der Waals surface area contributed by atoms with E-state index in [-0.39, 0.29) is 12.5 Å². The molecule has 0 fully saturated rings. The first kappa shape index (κ1) is 18.7. The molecule has 0 spiro atoms. The Bertz CT molecular complexity index is 479. The Hall–Kier alpha value is -1.30. The third-order valence-corrected chi connectivity index (χ3v) is 3.99. The van der Waals surface area contributed by atoms with Crippen LogP contribution < -0.4 is 9.47 Å². The van der Waals surface area contributed by atoms with Gasteiger partial charge in [0.05, 0.1) is 25.9 Å². The van der Waals surface area contributed by atoms with Crippen LogP contribution in [0.5, 0.6) is 11.5 Å². The lowest BCUT2D eigenvalue weighted by Gasteiger charge is -2.29. The summed E-state index contributed by atoms with van der Waals surface area (Å²) < 4.78 is 10.8. The fraction of sp³-hybridized carbons (Fsp3) is 0.647. The van der Waals surface area contributed by atoms with Crippen LogP contribution in [0.2, 0.25) is 0 Å². The Morgan fingerprint density at radius 3 is 2.18 bits per heavy atom. The zero-order valence-corrected chi connectivity index (χ0v) is 14.1. The Balaban J connectivity index is 3.19. The maximum absolute atomic E-state index is 10.2. The van der Waals surface area contributed by atoms with E-state index in [1.807, 2.05) is 19.1 Å². The Kier molecular flexibility index (Phi) is 6.66. The Morgan fingerprint density at radius 1 is 1.14 bits per heavy atom. The molecule has 0 amide bonds. The van der Waals surface area contributed by atoms with Gasteiger partial charge in [0.2, 0.25) is 0 Å². The van der Waals surface area contributed by atoms with Crippen molar-refractivity contribution in [1.82, 2.24) is 0 Å². The van der Waals surface area contributed by atoms with Crippen molar-refractivity contribution in [1.29, 1.82) is 0 Å². The molecule has 5 nitrogen and oxygen atoms in total. The minimum absolute atomic E-state index is 0.0113. The van der Waals surface area contributed by atoms with Crippen molar-refractivity contribution < 1.29 is 24.8 Å². The van der Waals surface area contributed by atoms with Crippen LogP contribution in [-0.2, 0) is 0 Å². The lowest BCUT2D eigenvalue weighted by atomic mass is 9.85. The zero-order valence-electron chi connectivity index (χ0n) is 14.1. The van der Waals surface area contributed by atoms with E-state index in [0.717, 1.165) is 16.9 Å². The molecule has 0 aliphatic carbocycles. The summed E-state index contributed by atoms with van der Waals surface area (Å²) in [6.07, 6.45) is -0.108. The van der Waals surface area contributed by atoms with Crippen molar-refractivity contribution in [3.05, 3.63) is 23.3 Å². The minimum Gasteiger partial charge on any atom is -0.496 e. The molecule has 2 atom stereocenters. The van der Waals surface area contributed by atoms with Gasteiger partial charge in [-0.25, -0.2) is 0 Å². The van der Waals surface area contributed by atoms with Crippen LogP contribution in [0.15, 0.2) is 12.1 Å². The van der Waals surface area contributed by atoms with E-state index in [9.17, 15) is 15.3 Å². The predicted octanol–water partition coefficient (Wildman–Crippen LogP) is 2.00. The highest BCUT2D eigenvalue weighted by Crippen LogP contribution is 2.38. The second-order valence-corrected chi connectivity index (χ2v) is 6.18. The number of aliphatic hydroxyl groups excluding tert-OH is 2. The third-order valence-electron chi connectivity index (χ3n) is 3.99. The average Bonchev–Trinajstić information content (AvgIpc) is 2.45. The molecule has 0 aliphatic rings. The minimum atomic E-state index is -1.20. The molecule has 0 bridgehead atoms. The highest BCUT2D eigenvalue weighted by molar-refractivity contribution is 5.47. The largest absolute Gasteiger partial charge is 0.496 e. The summed E-state index contributed by atoms with van der Waals surface area (Å²) in [5, 5.41) is 29.5. The molecule has 0 aliphatic heterocycles. The molecule has 0 saturated heterocycles. The van der Waals surface area contributed by atoms with Crippen molar-refractivity contribution in [2.24, 2.45) is 0 Å². The molecule has 3 N–H and O–H groups in total. The maximum atomic E-state index is 10.2. The molecular weight excluding hydrogens is 284 g/mol. The summed E-state index contributed by atoms with van der Waals surface area (Å²) in [5.41, 5.74) is 0.617. The van der Waals surface area contributed by atoms with Crippen LogP contribution >= 0.6 is 0 Å². The number of hydrogen-bond donors (Lipinski definition) is 3. The molecule has 0 unspecified atom stereocenters. The summed E-state index contributed by atoms with van der Waals surface area (Å²) in [6.45, 7) is 5.06. The molecule has 0 radical (unpaired) electrons. The van der Waals surface area contributed by atoms with Crippen molar-refractivity contribution in [2.75, 3.05) is 20.8 Å². The highest BCUT2D eigenvalue weighted by atomic mass is 16.5. The molecule has 1 rings (SSSR count). The molecule has 0 saturated carbocycles. The van der Waals surface area contributed by atoms with Gasteiger partial charge in [-0.15, -0.1) is 0 Å².